The Balaban J connectivity index is 2.14. The van der Waals surface area contributed by atoms with Gasteiger partial charge in [-0.05, 0) is 37.1 Å². The van der Waals surface area contributed by atoms with Crippen molar-refractivity contribution >= 4 is 11.6 Å². The van der Waals surface area contributed by atoms with Crippen LogP contribution in [0, 0.1) is 23.1 Å². The Kier molecular flexibility index (Phi) is 3.28. The minimum atomic E-state index is -0.673. The molecule has 92 valence electrons. The third-order valence-corrected chi connectivity index (χ3v) is 2.66. The Morgan fingerprint density at radius 3 is 2.50 bits per heavy atom. The molecule has 0 unspecified atom stereocenters. The molecule has 0 spiro atoms. The highest BCUT2D eigenvalue weighted by molar-refractivity contribution is 6.06. The Hall–Kier alpha value is -2.35. The topological polar surface area (TPSA) is 73.1 Å². The van der Waals surface area contributed by atoms with Crippen molar-refractivity contribution in [1.82, 2.24) is 0 Å². The van der Waals surface area contributed by atoms with Gasteiger partial charge >= 0.3 is 0 Å². The van der Waals surface area contributed by atoms with Crippen molar-refractivity contribution in [2.75, 3.05) is 5.32 Å². The van der Waals surface area contributed by atoms with E-state index in [1.165, 1.54) is 24.3 Å². The molecule has 0 heterocycles. The first-order valence-corrected chi connectivity index (χ1v) is 5.52. The van der Waals surface area contributed by atoms with E-state index in [4.69, 9.17) is 5.26 Å². The summed E-state index contributed by atoms with van der Waals surface area (Å²) in [6, 6.07) is 6.87. The number of halogens is 1. The molecule has 18 heavy (non-hydrogen) atoms. The van der Waals surface area contributed by atoms with Gasteiger partial charge in [-0.3, -0.25) is 4.79 Å². The number of benzene rings is 1. The van der Waals surface area contributed by atoms with Crippen LogP contribution in [-0.2, 0) is 4.79 Å². The van der Waals surface area contributed by atoms with Gasteiger partial charge in [-0.2, -0.15) is 5.26 Å². The van der Waals surface area contributed by atoms with Crippen LogP contribution < -0.4 is 5.32 Å². The molecule has 1 saturated carbocycles. The maximum atomic E-state index is 12.7. The molecule has 1 aromatic carbocycles. The van der Waals surface area contributed by atoms with Crippen molar-refractivity contribution in [3.8, 4) is 6.07 Å². The molecule has 0 aromatic heterocycles. The Morgan fingerprint density at radius 1 is 1.39 bits per heavy atom. The molecule has 0 radical (unpaired) electrons. The smallest absolute Gasteiger partial charge is 0.269 e. The second kappa shape index (κ2) is 4.88. The molecule has 1 aromatic rings. The van der Waals surface area contributed by atoms with Gasteiger partial charge in [-0.1, -0.05) is 0 Å². The van der Waals surface area contributed by atoms with Crippen LogP contribution in [0.5, 0.6) is 0 Å². The van der Waals surface area contributed by atoms with Crippen molar-refractivity contribution in [2.45, 2.75) is 12.8 Å². The average molecular weight is 246 g/mol. The lowest BCUT2D eigenvalue weighted by Crippen LogP contribution is -2.15. The van der Waals surface area contributed by atoms with E-state index in [2.05, 4.69) is 5.32 Å². The van der Waals surface area contributed by atoms with Crippen molar-refractivity contribution in [3.05, 3.63) is 41.4 Å². The molecule has 4 nitrogen and oxygen atoms in total. The number of carbonyl (C=O) groups excluding carboxylic acids is 1. The molecule has 5 heteroatoms. The quantitative estimate of drug-likeness (QED) is 0.489. The first kappa shape index (κ1) is 12.1. The van der Waals surface area contributed by atoms with Crippen molar-refractivity contribution in [3.63, 3.8) is 0 Å². The largest absolute Gasteiger partial charge is 0.510 e. The molecule has 1 aliphatic carbocycles. The van der Waals surface area contributed by atoms with Gasteiger partial charge in [0.1, 0.15) is 17.6 Å². The molecule has 0 atom stereocenters. The normalized spacial score (nSPS) is 15.6. The van der Waals surface area contributed by atoms with E-state index in [9.17, 15) is 14.3 Å². The van der Waals surface area contributed by atoms with Crippen LogP contribution in [0.1, 0.15) is 12.8 Å². The van der Waals surface area contributed by atoms with Gasteiger partial charge in [0, 0.05) is 11.6 Å². The highest BCUT2D eigenvalue weighted by Crippen LogP contribution is 2.36. The molecular weight excluding hydrogens is 235 g/mol. The summed E-state index contributed by atoms with van der Waals surface area (Å²) in [6.07, 6.45) is 1.59. The summed E-state index contributed by atoms with van der Waals surface area (Å²) in [5, 5.41) is 21.0. The third kappa shape index (κ3) is 2.66. The SMILES string of the molecule is N#C/C(C(=O)Nc1ccc(F)cc1)=C(/O)C1CC1. The zero-order chi connectivity index (χ0) is 13.1. The number of amides is 1. The number of allylic oxidation sites excluding steroid dienone is 1. The van der Waals surface area contributed by atoms with Crippen LogP contribution in [0.4, 0.5) is 10.1 Å². The summed E-state index contributed by atoms with van der Waals surface area (Å²) in [4.78, 5) is 11.8. The number of anilines is 1. The number of hydrogen-bond donors (Lipinski definition) is 2. The monoisotopic (exact) mass is 246 g/mol. The first-order chi connectivity index (χ1) is 8.61. The predicted molar refractivity (Wildman–Crippen MR) is 63.0 cm³/mol. The van der Waals surface area contributed by atoms with Gasteiger partial charge < -0.3 is 10.4 Å². The summed E-state index contributed by atoms with van der Waals surface area (Å²) in [5.74, 6) is -1.31. The number of nitriles is 1. The Labute approximate surface area is 103 Å². The highest BCUT2D eigenvalue weighted by Gasteiger charge is 2.30. The van der Waals surface area contributed by atoms with E-state index in [0.717, 1.165) is 12.8 Å². The fourth-order valence-corrected chi connectivity index (χ4v) is 1.51. The number of aliphatic hydroxyl groups excluding tert-OH is 1. The van der Waals surface area contributed by atoms with Gasteiger partial charge in [0.25, 0.3) is 5.91 Å². The average Bonchev–Trinajstić information content (AvgIpc) is 3.17. The summed E-state index contributed by atoms with van der Waals surface area (Å²) in [5.41, 5.74) is 0.0968. The Bertz CT molecular complexity index is 539. The van der Waals surface area contributed by atoms with Crippen molar-refractivity contribution in [1.29, 1.82) is 5.26 Å². The molecule has 1 fully saturated rings. The second-order valence-electron chi connectivity index (χ2n) is 4.11. The molecule has 1 amide bonds. The molecule has 2 N–H and O–H groups in total. The van der Waals surface area contributed by atoms with Crippen LogP contribution in [0.3, 0.4) is 0 Å². The first-order valence-electron chi connectivity index (χ1n) is 5.52. The third-order valence-electron chi connectivity index (χ3n) is 2.66. The van der Waals surface area contributed by atoms with Crippen LogP contribution in [0.2, 0.25) is 0 Å². The Morgan fingerprint density at radius 2 is 2.00 bits per heavy atom. The molecule has 2 rings (SSSR count). The van der Waals surface area contributed by atoms with Gasteiger partial charge in [0.05, 0.1) is 0 Å². The number of aliphatic hydroxyl groups is 1. The number of rotatable bonds is 3. The van der Waals surface area contributed by atoms with E-state index in [1.807, 2.05) is 0 Å². The fraction of sp³-hybridized carbons (Fsp3) is 0.231. The zero-order valence-electron chi connectivity index (χ0n) is 9.48. The number of hydrogen-bond acceptors (Lipinski definition) is 3. The minimum Gasteiger partial charge on any atom is -0.510 e. The van der Waals surface area contributed by atoms with Crippen molar-refractivity contribution < 1.29 is 14.3 Å². The van der Waals surface area contributed by atoms with E-state index < -0.39 is 11.7 Å². The zero-order valence-corrected chi connectivity index (χ0v) is 9.48. The van der Waals surface area contributed by atoms with E-state index in [0.29, 0.717) is 5.69 Å². The van der Waals surface area contributed by atoms with Gasteiger partial charge in [0.15, 0.2) is 5.57 Å². The summed E-state index contributed by atoms with van der Waals surface area (Å²) in [6.45, 7) is 0. The molecular formula is C13H11FN2O2. The van der Waals surface area contributed by atoms with Crippen LogP contribution in [0.15, 0.2) is 35.6 Å². The lowest BCUT2D eigenvalue weighted by atomic mass is 10.1. The second-order valence-corrected chi connectivity index (χ2v) is 4.11. The maximum absolute atomic E-state index is 12.7. The summed E-state index contributed by atoms with van der Waals surface area (Å²) in [7, 11) is 0. The standard InChI is InChI=1S/C13H11FN2O2/c14-9-3-5-10(6-4-9)16-13(18)11(7-15)12(17)8-1-2-8/h3-6,8,17H,1-2H2,(H,16,18)/b12-11-. The maximum Gasteiger partial charge on any atom is 0.269 e. The highest BCUT2D eigenvalue weighted by atomic mass is 19.1. The van der Waals surface area contributed by atoms with E-state index >= 15 is 0 Å². The minimum absolute atomic E-state index is 0.0707. The fourth-order valence-electron chi connectivity index (χ4n) is 1.51. The predicted octanol–water partition coefficient (Wildman–Crippen LogP) is 2.51. The number of nitrogens with zero attached hydrogens (tertiary/aromatic N) is 1. The number of carbonyl (C=O) groups is 1. The van der Waals surface area contributed by atoms with Gasteiger partial charge in [-0.15, -0.1) is 0 Å². The van der Waals surface area contributed by atoms with Crippen LogP contribution in [0.25, 0.3) is 0 Å². The van der Waals surface area contributed by atoms with Gasteiger partial charge in [0.2, 0.25) is 0 Å². The molecule has 0 bridgehead atoms. The number of nitrogens with one attached hydrogen (secondary N) is 1. The molecule has 0 saturated heterocycles. The van der Waals surface area contributed by atoms with Crippen LogP contribution in [-0.4, -0.2) is 11.0 Å². The summed E-state index contributed by atoms with van der Waals surface area (Å²) >= 11 is 0. The molecule has 1 aliphatic rings. The van der Waals surface area contributed by atoms with Crippen LogP contribution >= 0.6 is 0 Å². The van der Waals surface area contributed by atoms with E-state index in [1.54, 1.807) is 6.07 Å². The molecule has 0 aliphatic heterocycles. The summed E-state index contributed by atoms with van der Waals surface area (Å²) < 4.78 is 12.7. The van der Waals surface area contributed by atoms with Gasteiger partial charge in [-0.25, -0.2) is 4.39 Å². The van der Waals surface area contributed by atoms with Crippen molar-refractivity contribution in [2.24, 2.45) is 5.92 Å². The lowest BCUT2D eigenvalue weighted by molar-refractivity contribution is -0.112. The lowest BCUT2D eigenvalue weighted by Gasteiger charge is -2.05. The van der Waals surface area contributed by atoms with E-state index in [-0.39, 0.29) is 17.3 Å².